The van der Waals surface area contributed by atoms with Gasteiger partial charge in [-0.05, 0) is 43.2 Å². The molecule has 2 aromatic carbocycles. The Bertz CT molecular complexity index is 1140. The SMILES string of the molecule is CC(=O)Nc1cccc(-n2c(SCC(=O)NC(=O)Nc3ccccc3)nnc2C2CC2)c1. The van der Waals surface area contributed by atoms with Crippen molar-refractivity contribution in [2.75, 3.05) is 16.4 Å². The molecular weight excluding hydrogens is 428 g/mol. The van der Waals surface area contributed by atoms with Crippen molar-refractivity contribution in [3.05, 3.63) is 60.4 Å². The van der Waals surface area contributed by atoms with Gasteiger partial charge in [-0.3, -0.25) is 19.5 Å². The van der Waals surface area contributed by atoms with E-state index in [1.807, 2.05) is 28.8 Å². The maximum atomic E-state index is 12.3. The summed E-state index contributed by atoms with van der Waals surface area (Å²) in [5.74, 6) is 0.545. The van der Waals surface area contributed by atoms with Crippen LogP contribution in [0.3, 0.4) is 0 Å². The van der Waals surface area contributed by atoms with Crippen LogP contribution < -0.4 is 16.0 Å². The number of para-hydroxylation sites is 1. The average molecular weight is 451 g/mol. The van der Waals surface area contributed by atoms with Crippen LogP contribution in [0.2, 0.25) is 0 Å². The van der Waals surface area contributed by atoms with Crippen molar-refractivity contribution < 1.29 is 14.4 Å². The van der Waals surface area contributed by atoms with Gasteiger partial charge in [0.25, 0.3) is 0 Å². The molecule has 1 fully saturated rings. The molecule has 3 N–H and O–H groups in total. The molecule has 0 aliphatic heterocycles. The number of imide groups is 1. The molecule has 0 bridgehead atoms. The molecule has 4 amide bonds. The van der Waals surface area contributed by atoms with Crippen LogP contribution in [0.5, 0.6) is 0 Å². The molecule has 1 heterocycles. The van der Waals surface area contributed by atoms with Gasteiger partial charge in [-0.15, -0.1) is 10.2 Å². The zero-order valence-electron chi connectivity index (χ0n) is 17.4. The van der Waals surface area contributed by atoms with E-state index in [1.165, 1.54) is 18.7 Å². The monoisotopic (exact) mass is 450 g/mol. The number of nitrogens with one attached hydrogen (secondary N) is 3. The van der Waals surface area contributed by atoms with Gasteiger partial charge in [-0.2, -0.15) is 0 Å². The molecule has 32 heavy (non-hydrogen) atoms. The third-order valence-electron chi connectivity index (χ3n) is 4.64. The molecule has 164 valence electrons. The number of hydrogen-bond donors (Lipinski definition) is 3. The lowest BCUT2D eigenvalue weighted by Crippen LogP contribution is -2.35. The Balaban J connectivity index is 1.45. The van der Waals surface area contributed by atoms with Gasteiger partial charge in [0, 0.05) is 24.2 Å². The number of carbonyl (C=O) groups excluding carboxylic acids is 3. The summed E-state index contributed by atoms with van der Waals surface area (Å²) < 4.78 is 1.91. The molecule has 1 aliphatic carbocycles. The second-order valence-corrected chi connectivity index (χ2v) is 8.28. The van der Waals surface area contributed by atoms with E-state index in [0.29, 0.717) is 22.4 Å². The van der Waals surface area contributed by atoms with Gasteiger partial charge in [-0.1, -0.05) is 36.0 Å². The Morgan fingerprint density at radius 3 is 2.47 bits per heavy atom. The molecule has 9 nitrogen and oxygen atoms in total. The second kappa shape index (κ2) is 9.65. The molecule has 1 aliphatic rings. The van der Waals surface area contributed by atoms with Gasteiger partial charge in [0.2, 0.25) is 11.8 Å². The number of carbonyl (C=O) groups is 3. The lowest BCUT2D eigenvalue weighted by atomic mass is 10.2. The van der Waals surface area contributed by atoms with Gasteiger partial charge < -0.3 is 10.6 Å². The molecule has 4 rings (SSSR count). The Morgan fingerprint density at radius 2 is 1.75 bits per heavy atom. The van der Waals surface area contributed by atoms with Gasteiger partial charge >= 0.3 is 6.03 Å². The maximum absolute atomic E-state index is 12.3. The smallest absolute Gasteiger partial charge is 0.325 e. The molecule has 0 atom stereocenters. The van der Waals surface area contributed by atoms with Crippen LogP contribution in [0, 0.1) is 0 Å². The zero-order chi connectivity index (χ0) is 22.5. The number of thioether (sulfide) groups is 1. The molecule has 1 aromatic heterocycles. The van der Waals surface area contributed by atoms with Crippen LogP contribution in [-0.2, 0) is 9.59 Å². The molecule has 0 spiro atoms. The summed E-state index contributed by atoms with van der Waals surface area (Å²) >= 11 is 1.19. The summed E-state index contributed by atoms with van der Waals surface area (Å²) in [6, 6.07) is 15.7. The van der Waals surface area contributed by atoms with E-state index in [4.69, 9.17) is 0 Å². The van der Waals surface area contributed by atoms with Gasteiger partial charge in [0.05, 0.1) is 11.4 Å². The number of nitrogens with zero attached hydrogens (tertiary/aromatic N) is 3. The first-order valence-electron chi connectivity index (χ1n) is 10.1. The highest BCUT2D eigenvalue weighted by atomic mass is 32.2. The first-order valence-corrected chi connectivity index (χ1v) is 11.1. The number of aromatic nitrogens is 3. The fourth-order valence-electron chi connectivity index (χ4n) is 3.13. The third kappa shape index (κ3) is 5.52. The van der Waals surface area contributed by atoms with Crippen LogP contribution in [0.4, 0.5) is 16.2 Å². The topological polar surface area (TPSA) is 118 Å². The minimum Gasteiger partial charge on any atom is -0.326 e. The summed E-state index contributed by atoms with van der Waals surface area (Å²) in [7, 11) is 0. The Morgan fingerprint density at radius 1 is 1.00 bits per heavy atom. The highest BCUT2D eigenvalue weighted by molar-refractivity contribution is 7.99. The van der Waals surface area contributed by atoms with Crippen molar-refractivity contribution in [3.63, 3.8) is 0 Å². The van der Waals surface area contributed by atoms with E-state index in [0.717, 1.165) is 24.4 Å². The molecule has 10 heteroatoms. The van der Waals surface area contributed by atoms with E-state index >= 15 is 0 Å². The van der Waals surface area contributed by atoms with Crippen molar-refractivity contribution in [2.24, 2.45) is 0 Å². The number of anilines is 2. The highest BCUT2D eigenvalue weighted by Gasteiger charge is 2.31. The van der Waals surface area contributed by atoms with Crippen molar-refractivity contribution in [1.82, 2.24) is 20.1 Å². The Labute approximate surface area is 189 Å². The molecule has 0 radical (unpaired) electrons. The zero-order valence-corrected chi connectivity index (χ0v) is 18.2. The van der Waals surface area contributed by atoms with Crippen molar-refractivity contribution in [2.45, 2.75) is 30.8 Å². The van der Waals surface area contributed by atoms with Crippen molar-refractivity contribution in [1.29, 1.82) is 0 Å². The Kier molecular flexibility index (Phi) is 6.50. The lowest BCUT2D eigenvalue weighted by Gasteiger charge is -2.12. The van der Waals surface area contributed by atoms with Crippen molar-refractivity contribution >= 4 is 41.0 Å². The van der Waals surface area contributed by atoms with Gasteiger partial charge in [0.1, 0.15) is 5.82 Å². The fraction of sp³-hybridized carbons (Fsp3) is 0.227. The van der Waals surface area contributed by atoms with Crippen LogP contribution in [-0.4, -0.2) is 38.4 Å². The lowest BCUT2D eigenvalue weighted by molar-refractivity contribution is -0.117. The first kappa shape index (κ1) is 21.6. The minimum atomic E-state index is -0.593. The predicted molar refractivity (Wildman–Crippen MR) is 122 cm³/mol. The average Bonchev–Trinajstić information content (AvgIpc) is 3.51. The van der Waals surface area contributed by atoms with Gasteiger partial charge in [-0.25, -0.2) is 4.79 Å². The number of rotatable bonds is 7. The van der Waals surface area contributed by atoms with Crippen LogP contribution >= 0.6 is 11.8 Å². The number of urea groups is 1. The summed E-state index contributed by atoms with van der Waals surface area (Å²) in [4.78, 5) is 35.7. The van der Waals surface area contributed by atoms with E-state index in [9.17, 15) is 14.4 Å². The molecule has 0 saturated heterocycles. The molecule has 3 aromatic rings. The third-order valence-corrected chi connectivity index (χ3v) is 5.57. The number of hydrogen-bond acceptors (Lipinski definition) is 6. The summed E-state index contributed by atoms with van der Waals surface area (Å²) in [6.07, 6.45) is 2.07. The van der Waals surface area contributed by atoms with E-state index < -0.39 is 11.9 Å². The largest absolute Gasteiger partial charge is 0.326 e. The van der Waals surface area contributed by atoms with Crippen LogP contribution in [0.1, 0.15) is 31.5 Å². The fourth-order valence-corrected chi connectivity index (χ4v) is 3.88. The summed E-state index contributed by atoms with van der Waals surface area (Å²) in [6.45, 7) is 1.45. The standard InChI is InChI=1S/C22H22N6O3S/c1-14(29)23-17-8-5-9-18(12-17)28-20(15-10-11-15)26-27-22(28)32-13-19(30)25-21(31)24-16-6-3-2-4-7-16/h2-9,12,15H,10-11,13H2,1H3,(H,23,29)(H2,24,25,30,31). The summed E-state index contributed by atoms with van der Waals surface area (Å²) in [5.41, 5.74) is 2.06. The minimum absolute atomic E-state index is 0.00358. The first-order chi connectivity index (χ1) is 15.5. The normalized spacial score (nSPS) is 12.8. The molecule has 1 saturated carbocycles. The molecular formula is C22H22N6O3S. The Hall–Kier alpha value is -3.66. The number of benzene rings is 2. The van der Waals surface area contributed by atoms with E-state index in [-0.39, 0.29) is 11.7 Å². The van der Waals surface area contributed by atoms with E-state index in [2.05, 4.69) is 26.1 Å². The maximum Gasteiger partial charge on any atom is 0.325 e. The molecule has 0 unspecified atom stereocenters. The number of amides is 4. The van der Waals surface area contributed by atoms with Gasteiger partial charge in [0.15, 0.2) is 5.16 Å². The van der Waals surface area contributed by atoms with Crippen LogP contribution in [0.25, 0.3) is 5.69 Å². The highest BCUT2D eigenvalue weighted by Crippen LogP contribution is 2.41. The second-order valence-electron chi connectivity index (χ2n) is 7.34. The predicted octanol–water partition coefficient (Wildman–Crippen LogP) is 3.54. The summed E-state index contributed by atoms with van der Waals surface area (Å²) in [5, 5.41) is 16.9. The van der Waals surface area contributed by atoms with Crippen molar-refractivity contribution in [3.8, 4) is 5.69 Å². The van der Waals surface area contributed by atoms with E-state index in [1.54, 1.807) is 30.3 Å². The van der Waals surface area contributed by atoms with Crippen LogP contribution in [0.15, 0.2) is 59.8 Å². The quantitative estimate of drug-likeness (QED) is 0.474.